The number of piperidine rings is 1. The van der Waals surface area contributed by atoms with Gasteiger partial charge in [-0.25, -0.2) is 10.6 Å². The molecule has 6 rings (SSSR count). The van der Waals surface area contributed by atoms with E-state index in [0.717, 1.165) is 43.6 Å². The minimum atomic E-state index is -0.525. The lowest BCUT2D eigenvalue weighted by Gasteiger charge is -2.55. The second-order valence-corrected chi connectivity index (χ2v) is 14.6. The molecule has 5 fully saturated rings. The first kappa shape index (κ1) is 27.6. The number of hydrazine groups is 1. The summed E-state index contributed by atoms with van der Waals surface area (Å²) in [5.41, 5.74) is 9.79. The maximum absolute atomic E-state index is 11.8. The Balaban J connectivity index is 1.18. The average molecular weight is 541 g/mol. The van der Waals surface area contributed by atoms with E-state index in [0.29, 0.717) is 35.3 Å². The van der Waals surface area contributed by atoms with Crippen molar-refractivity contribution in [2.45, 2.75) is 116 Å². The fraction of sp³-hybridized carbons (Fsp3) is 0.844. The van der Waals surface area contributed by atoms with E-state index in [9.17, 15) is 4.79 Å². The summed E-state index contributed by atoms with van der Waals surface area (Å²) >= 11 is 0. The summed E-state index contributed by atoms with van der Waals surface area (Å²) in [6, 6.07) is 0.741. The smallest absolute Gasteiger partial charge is 0.355 e. The molecule has 0 aromatic heterocycles. The first-order chi connectivity index (χ1) is 18.6. The molecule has 39 heavy (non-hydrogen) atoms. The fourth-order valence-corrected chi connectivity index (χ4v) is 10.5. The predicted octanol–water partition coefficient (Wildman–Crippen LogP) is 4.63. The van der Waals surface area contributed by atoms with Crippen LogP contribution in [0.15, 0.2) is 23.0 Å². The van der Waals surface area contributed by atoms with Crippen molar-refractivity contribution < 1.29 is 14.3 Å². The van der Waals surface area contributed by atoms with Crippen LogP contribution >= 0.6 is 0 Å². The summed E-state index contributed by atoms with van der Waals surface area (Å²) in [6.45, 7) is 11.0. The fourth-order valence-electron chi connectivity index (χ4n) is 10.5. The Morgan fingerprint density at radius 3 is 2.74 bits per heavy atom. The molecule has 7 heteroatoms. The molecule has 11 atom stereocenters. The summed E-state index contributed by atoms with van der Waals surface area (Å²) in [5, 5.41) is 5.54. The zero-order chi connectivity index (χ0) is 27.7. The van der Waals surface area contributed by atoms with Crippen LogP contribution in [0, 0.1) is 40.9 Å². The van der Waals surface area contributed by atoms with Crippen LogP contribution in [0.1, 0.15) is 91.9 Å². The molecule has 0 aromatic rings. The van der Waals surface area contributed by atoms with Gasteiger partial charge in [0.2, 0.25) is 0 Å². The van der Waals surface area contributed by atoms with Gasteiger partial charge in [-0.1, -0.05) is 31.9 Å². The molecule has 0 radical (unpaired) electrons. The van der Waals surface area contributed by atoms with Crippen LogP contribution in [-0.2, 0) is 14.3 Å². The maximum atomic E-state index is 11.8. The van der Waals surface area contributed by atoms with Crippen molar-refractivity contribution >= 4 is 5.97 Å². The summed E-state index contributed by atoms with van der Waals surface area (Å²) in [7, 11) is 1.35. The Hall–Kier alpha value is -1.57. The van der Waals surface area contributed by atoms with Crippen LogP contribution in [0.3, 0.4) is 0 Å². The van der Waals surface area contributed by atoms with Crippen molar-refractivity contribution in [2.24, 2.45) is 52.5 Å². The number of carbonyl (C=O) groups excluding carboxylic acids is 1. The molecule has 0 bridgehead atoms. The van der Waals surface area contributed by atoms with E-state index in [4.69, 9.17) is 21.1 Å². The van der Waals surface area contributed by atoms with Crippen LogP contribution in [0.5, 0.6) is 0 Å². The number of allylic oxidation sites excluding steroid dienone is 1. The Morgan fingerprint density at radius 2 is 1.97 bits per heavy atom. The SMILES string of the molecule is COC(=O)/C(N)=C/N(N)[C@H]1CC[C@@]2(C)[C@H](CCC3[C@@H]4CC[C@@]5(CC(C)=C4C[C@@H]32)O[C@@H]2C[C@H](C)CN[C@H]2[C@H]5C)C1. The Bertz CT molecular complexity index is 1040. The van der Waals surface area contributed by atoms with Crippen molar-refractivity contribution in [3.63, 3.8) is 0 Å². The number of hydrogen-bond donors (Lipinski definition) is 3. The molecule has 3 saturated carbocycles. The minimum absolute atomic E-state index is 0.0205. The molecule has 1 unspecified atom stereocenters. The van der Waals surface area contributed by atoms with Gasteiger partial charge in [0.1, 0.15) is 5.70 Å². The van der Waals surface area contributed by atoms with Gasteiger partial charge in [-0.05, 0) is 113 Å². The highest BCUT2D eigenvalue weighted by atomic mass is 16.5. The lowest BCUT2D eigenvalue weighted by Crippen LogP contribution is -2.51. The number of nitrogens with two attached hydrogens (primary N) is 2. The highest BCUT2D eigenvalue weighted by molar-refractivity contribution is 5.87. The second kappa shape index (κ2) is 10.1. The zero-order valence-corrected chi connectivity index (χ0v) is 24.9. The third-order valence-corrected chi connectivity index (χ3v) is 12.7. The van der Waals surface area contributed by atoms with Gasteiger partial charge in [0.15, 0.2) is 0 Å². The standard InChI is InChI=1S/C32H52N4O3/c1-18-12-28-29(35-16-18)20(3)32(39-28)11-9-23-24-7-6-21-13-22(36(34)17-27(33)30(37)38-5)8-10-31(21,4)26(24)14-25(23)19(2)15-32/h17-18,20-24,26,28-29,35H,6-16,33-34H2,1-5H3/b27-17-/t18-,20+,21+,22-,23-,24?,26-,28+,29-,31-,32-/m0/s1. The maximum Gasteiger partial charge on any atom is 0.355 e. The van der Waals surface area contributed by atoms with Crippen LogP contribution in [-0.4, -0.2) is 48.4 Å². The molecule has 5 N–H and O–H groups in total. The molecule has 2 saturated heterocycles. The van der Waals surface area contributed by atoms with E-state index < -0.39 is 5.97 Å². The summed E-state index contributed by atoms with van der Waals surface area (Å²) < 4.78 is 11.8. The van der Waals surface area contributed by atoms with Crippen molar-refractivity contribution in [2.75, 3.05) is 13.7 Å². The summed E-state index contributed by atoms with van der Waals surface area (Å²) in [5.74, 6) is 10.2. The molecule has 7 nitrogen and oxygen atoms in total. The van der Waals surface area contributed by atoms with Crippen molar-refractivity contribution in [3.8, 4) is 0 Å². The van der Waals surface area contributed by atoms with E-state index in [2.05, 4.69) is 33.0 Å². The molecule has 2 aliphatic heterocycles. The van der Waals surface area contributed by atoms with Gasteiger partial charge in [-0.3, -0.25) is 0 Å². The number of nitrogens with zero attached hydrogens (tertiary/aromatic N) is 1. The molecule has 218 valence electrons. The third-order valence-electron chi connectivity index (χ3n) is 12.7. The van der Waals surface area contributed by atoms with Gasteiger partial charge in [0.25, 0.3) is 0 Å². The molecule has 2 heterocycles. The topological polar surface area (TPSA) is 103 Å². The van der Waals surface area contributed by atoms with Crippen molar-refractivity contribution in [1.29, 1.82) is 0 Å². The first-order valence-electron chi connectivity index (χ1n) is 15.7. The lowest BCUT2D eigenvalue weighted by atomic mass is 9.52. The Kier molecular flexibility index (Phi) is 7.12. The van der Waals surface area contributed by atoms with E-state index >= 15 is 0 Å². The number of fused-ring (bicyclic) bond motifs is 6. The van der Waals surface area contributed by atoms with Gasteiger partial charge >= 0.3 is 5.97 Å². The number of esters is 1. The highest BCUT2D eigenvalue weighted by Crippen LogP contribution is 2.65. The van der Waals surface area contributed by atoms with E-state index in [1.54, 1.807) is 22.4 Å². The number of rotatable bonds is 3. The Morgan fingerprint density at radius 1 is 1.18 bits per heavy atom. The molecule has 1 spiro atoms. The quantitative estimate of drug-likeness (QED) is 0.158. The van der Waals surface area contributed by atoms with Gasteiger partial charge in [-0.15, -0.1) is 0 Å². The number of nitrogens with one attached hydrogen (secondary N) is 1. The number of ether oxygens (including phenoxy) is 2. The molecular weight excluding hydrogens is 488 g/mol. The monoisotopic (exact) mass is 540 g/mol. The number of hydrogen-bond acceptors (Lipinski definition) is 7. The van der Waals surface area contributed by atoms with Crippen LogP contribution in [0.4, 0.5) is 0 Å². The first-order valence-corrected chi connectivity index (χ1v) is 15.7. The lowest BCUT2D eigenvalue weighted by molar-refractivity contribution is -0.136. The number of methoxy groups -OCH3 is 1. The van der Waals surface area contributed by atoms with Crippen molar-refractivity contribution in [3.05, 3.63) is 23.0 Å². The average Bonchev–Trinajstić information content (AvgIpc) is 3.37. The second-order valence-electron chi connectivity index (χ2n) is 14.6. The minimum Gasteiger partial charge on any atom is -0.464 e. The zero-order valence-electron chi connectivity index (χ0n) is 24.9. The van der Waals surface area contributed by atoms with Gasteiger partial charge in [0, 0.05) is 24.2 Å². The number of carbonyl (C=O) groups is 1. The Labute approximate surface area is 235 Å². The van der Waals surface area contributed by atoms with Gasteiger partial charge in [0.05, 0.1) is 18.8 Å². The van der Waals surface area contributed by atoms with Crippen LogP contribution in [0.2, 0.25) is 0 Å². The largest absolute Gasteiger partial charge is 0.464 e. The van der Waals surface area contributed by atoms with E-state index in [1.165, 1.54) is 52.1 Å². The third kappa shape index (κ3) is 4.46. The normalized spacial score (nSPS) is 47.6. The molecular formula is C32H52N4O3. The molecule has 4 aliphatic carbocycles. The molecule has 6 aliphatic rings. The van der Waals surface area contributed by atoms with Gasteiger partial charge < -0.3 is 25.5 Å². The van der Waals surface area contributed by atoms with E-state index in [1.807, 2.05) is 0 Å². The van der Waals surface area contributed by atoms with Gasteiger partial charge in [-0.2, -0.15) is 0 Å². The predicted molar refractivity (Wildman–Crippen MR) is 153 cm³/mol. The van der Waals surface area contributed by atoms with E-state index in [-0.39, 0.29) is 17.3 Å². The summed E-state index contributed by atoms with van der Waals surface area (Å²) in [6.07, 6.45) is 14.0. The highest BCUT2D eigenvalue weighted by Gasteiger charge is 2.59. The van der Waals surface area contributed by atoms with Crippen LogP contribution in [0.25, 0.3) is 0 Å². The molecule has 0 amide bonds. The summed E-state index contributed by atoms with van der Waals surface area (Å²) in [4.78, 5) is 11.8. The van der Waals surface area contributed by atoms with Crippen LogP contribution < -0.4 is 16.9 Å². The molecule has 0 aromatic carbocycles. The van der Waals surface area contributed by atoms with Crippen molar-refractivity contribution in [1.82, 2.24) is 10.3 Å².